The van der Waals surface area contributed by atoms with Crippen molar-refractivity contribution >= 4 is 39.1 Å². The molecule has 3 rings (SSSR count). The van der Waals surface area contributed by atoms with Gasteiger partial charge in [0.1, 0.15) is 5.75 Å². The van der Waals surface area contributed by atoms with Gasteiger partial charge in [0.15, 0.2) is 5.60 Å². The molecular weight excluding hydrogens is 470 g/mol. The van der Waals surface area contributed by atoms with Gasteiger partial charge in [-0.05, 0) is 68.3 Å². The molecule has 1 heterocycles. The van der Waals surface area contributed by atoms with E-state index in [-0.39, 0.29) is 11.8 Å². The van der Waals surface area contributed by atoms with Gasteiger partial charge in [0.05, 0.1) is 0 Å². The van der Waals surface area contributed by atoms with E-state index in [9.17, 15) is 9.59 Å². The third-order valence-corrected chi connectivity index (χ3v) is 5.97. The second-order valence-corrected chi connectivity index (χ2v) is 9.95. The van der Waals surface area contributed by atoms with Gasteiger partial charge in [0.2, 0.25) is 5.91 Å². The number of nitrogens with zero attached hydrogens (tertiary/aromatic N) is 2. The number of halogens is 1. The zero-order valence-electron chi connectivity index (χ0n) is 19.2. The maximum absolute atomic E-state index is 12.8. The number of carbonyl (C=O) groups is 2. The summed E-state index contributed by atoms with van der Waals surface area (Å²) in [7, 11) is 0. The van der Waals surface area contributed by atoms with Gasteiger partial charge in [-0.1, -0.05) is 29.8 Å². The minimum absolute atomic E-state index is 0.217. The van der Waals surface area contributed by atoms with Crippen molar-refractivity contribution in [2.45, 2.75) is 39.7 Å². The zero-order valence-corrected chi connectivity index (χ0v) is 20.8. The van der Waals surface area contributed by atoms with E-state index in [0.29, 0.717) is 18.1 Å². The fourth-order valence-corrected chi connectivity index (χ4v) is 3.84. The number of anilines is 2. The van der Waals surface area contributed by atoms with Crippen LogP contribution in [0.25, 0.3) is 0 Å². The molecule has 1 aliphatic heterocycles. The van der Waals surface area contributed by atoms with E-state index in [2.05, 4.69) is 40.0 Å². The molecule has 7 heteroatoms. The molecular formula is C25H32BrN3O3. The highest BCUT2D eigenvalue weighted by atomic mass is 79.9. The van der Waals surface area contributed by atoms with Crippen LogP contribution in [0.3, 0.4) is 0 Å². The van der Waals surface area contributed by atoms with E-state index in [1.807, 2.05) is 53.4 Å². The van der Waals surface area contributed by atoms with Gasteiger partial charge in [-0.3, -0.25) is 9.59 Å². The molecule has 1 N–H and O–H groups in total. The fourth-order valence-electron chi connectivity index (χ4n) is 3.57. The van der Waals surface area contributed by atoms with Crippen LogP contribution in [0.5, 0.6) is 5.75 Å². The predicted molar refractivity (Wildman–Crippen MR) is 132 cm³/mol. The van der Waals surface area contributed by atoms with Gasteiger partial charge < -0.3 is 19.9 Å². The largest absolute Gasteiger partial charge is 0.478 e. The molecule has 6 nitrogen and oxygen atoms in total. The zero-order chi connectivity index (χ0) is 23.3. The summed E-state index contributed by atoms with van der Waals surface area (Å²) in [5.41, 5.74) is 0.784. The van der Waals surface area contributed by atoms with Crippen molar-refractivity contribution in [3.05, 3.63) is 53.0 Å². The molecule has 1 fully saturated rings. The highest BCUT2D eigenvalue weighted by Crippen LogP contribution is 2.24. The molecule has 0 unspecified atom stereocenters. The first-order valence-corrected chi connectivity index (χ1v) is 11.8. The van der Waals surface area contributed by atoms with E-state index in [4.69, 9.17) is 4.74 Å². The summed E-state index contributed by atoms with van der Waals surface area (Å²) < 4.78 is 6.84. The van der Waals surface area contributed by atoms with Crippen LogP contribution in [0, 0.1) is 5.92 Å². The lowest BCUT2D eigenvalue weighted by molar-refractivity contribution is -0.132. The van der Waals surface area contributed by atoms with Crippen LogP contribution in [0.4, 0.5) is 11.4 Å². The SMILES string of the molecule is CC(C)CC(=O)N1CCN(c2ccc(NC(=O)C(C)(C)Oc3ccc(Br)cc3)cc2)CC1. The fraction of sp³-hybridized carbons (Fsp3) is 0.440. The first kappa shape index (κ1) is 24.1. The van der Waals surface area contributed by atoms with Crippen molar-refractivity contribution < 1.29 is 14.3 Å². The Bertz CT molecular complexity index is 918. The van der Waals surface area contributed by atoms with Crippen molar-refractivity contribution in [1.82, 2.24) is 4.90 Å². The van der Waals surface area contributed by atoms with Crippen LogP contribution in [0.2, 0.25) is 0 Å². The molecule has 2 aromatic rings. The third-order valence-electron chi connectivity index (χ3n) is 5.44. The summed E-state index contributed by atoms with van der Waals surface area (Å²) in [6, 6.07) is 15.2. The number of benzene rings is 2. The number of hydrogen-bond donors (Lipinski definition) is 1. The highest BCUT2D eigenvalue weighted by molar-refractivity contribution is 9.10. The minimum atomic E-state index is -1.02. The first-order valence-electron chi connectivity index (χ1n) is 11.0. The first-order chi connectivity index (χ1) is 15.1. The predicted octanol–water partition coefficient (Wildman–Crippen LogP) is 4.94. The van der Waals surface area contributed by atoms with E-state index < -0.39 is 5.60 Å². The number of ether oxygens (including phenoxy) is 1. The Kier molecular flexibility index (Phi) is 7.82. The van der Waals surface area contributed by atoms with Crippen molar-refractivity contribution in [3.8, 4) is 5.75 Å². The second-order valence-electron chi connectivity index (χ2n) is 9.03. The van der Waals surface area contributed by atoms with Crippen LogP contribution in [-0.2, 0) is 9.59 Å². The topological polar surface area (TPSA) is 61.9 Å². The van der Waals surface area contributed by atoms with E-state index in [1.54, 1.807) is 13.8 Å². The molecule has 1 aliphatic rings. The van der Waals surface area contributed by atoms with Crippen LogP contribution in [0.1, 0.15) is 34.1 Å². The molecule has 0 bridgehead atoms. The number of amides is 2. The van der Waals surface area contributed by atoms with Crippen molar-refractivity contribution in [2.24, 2.45) is 5.92 Å². The van der Waals surface area contributed by atoms with E-state index in [1.165, 1.54) is 0 Å². The Hall–Kier alpha value is -2.54. The monoisotopic (exact) mass is 501 g/mol. The van der Waals surface area contributed by atoms with Gasteiger partial charge in [-0.15, -0.1) is 0 Å². The van der Waals surface area contributed by atoms with E-state index >= 15 is 0 Å². The summed E-state index contributed by atoms with van der Waals surface area (Å²) in [5.74, 6) is 1.04. The molecule has 0 spiro atoms. The lowest BCUT2D eigenvalue weighted by Crippen LogP contribution is -2.49. The highest BCUT2D eigenvalue weighted by Gasteiger charge is 2.30. The number of piperazine rings is 1. The van der Waals surface area contributed by atoms with Crippen molar-refractivity contribution in [3.63, 3.8) is 0 Å². The lowest BCUT2D eigenvalue weighted by atomic mass is 10.1. The molecule has 0 radical (unpaired) electrons. The molecule has 1 saturated heterocycles. The smallest absolute Gasteiger partial charge is 0.267 e. The molecule has 0 atom stereocenters. The maximum Gasteiger partial charge on any atom is 0.267 e. The second kappa shape index (κ2) is 10.4. The molecule has 172 valence electrons. The summed E-state index contributed by atoms with van der Waals surface area (Å²) in [6.07, 6.45) is 0.607. The average molecular weight is 502 g/mol. The Balaban J connectivity index is 1.53. The standard InChI is InChI=1S/C25H32BrN3O3/c1-18(2)17-23(30)29-15-13-28(14-16-29)21-9-7-20(8-10-21)27-24(31)25(3,4)32-22-11-5-19(26)6-12-22/h5-12,18H,13-17H2,1-4H3,(H,27,31). The van der Waals surface area contributed by atoms with Crippen molar-refractivity contribution in [2.75, 3.05) is 36.4 Å². The molecule has 0 saturated carbocycles. The maximum atomic E-state index is 12.8. The Labute approximate surface area is 199 Å². The number of nitrogens with one attached hydrogen (secondary N) is 1. The summed E-state index contributed by atoms with van der Waals surface area (Å²) in [5, 5.41) is 2.94. The Morgan fingerprint density at radius 3 is 2.16 bits per heavy atom. The van der Waals surface area contributed by atoms with Crippen LogP contribution >= 0.6 is 15.9 Å². The Morgan fingerprint density at radius 2 is 1.59 bits per heavy atom. The number of hydrogen-bond acceptors (Lipinski definition) is 4. The summed E-state index contributed by atoms with van der Waals surface area (Å²) in [4.78, 5) is 29.3. The molecule has 2 aromatic carbocycles. The number of carbonyl (C=O) groups excluding carboxylic acids is 2. The lowest BCUT2D eigenvalue weighted by Gasteiger charge is -2.36. The van der Waals surface area contributed by atoms with Crippen LogP contribution in [-0.4, -0.2) is 48.5 Å². The normalized spacial score (nSPS) is 14.4. The molecule has 0 aromatic heterocycles. The van der Waals surface area contributed by atoms with Gasteiger partial charge >= 0.3 is 0 Å². The van der Waals surface area contributed by atoms with Crippen LogP contribution < -0.4 is 15.0 Å². The third kappa shape index (κ3) is 6.48. The van der Waals surface area contributed by atoms with Crippen molar-refractivity contribution in [1.29, 1.82) is 0 Å². The quantitative estimate of drug-likeness (QED) is 0.583. The Morgan fingerprint density at radius 1 is 1.00 bits per heavy atom. The van der Waals surface area contributed by atoms with Gasteiger partial charge in [0.25, 0.3) is 5.91 Å². The van der Waals surface area contributed by atoms with Gasteiger partial charge in [-0.2, -0.15) is 0 Å². The van der Waals surface area contributed by atoms with Crippen LogP contribution in [0.15, 0.2) is 53.0 Å². The minimum Gasteiger partial charge on any atom is -0.478 e. The molecule has 32 heavy (non-hydrogen) atoms. The summed E-state index contributed by atoms with van der Waals surface area (Å²) in [6.45, 7) is 10.7. The van der Waals surface area contributed by atoms with E-state index in [0.717, 1.165) is 42.0 Å². The van der Waals surface area contributed by atoms with Gasteiger partial charge in [0, 0.05) is 48.4 Å². The average Bonchev–Trinajstić information content (AvgIpc) is 2.75. The molecule has 0 aliphatic carbocycles. The summed E-state index contributed by atoms with van der Waals surface area (Å²) >= 11 is 3.39. The molecule has 2 amide bonds. The number of rotatable bonds is 7. The van der Waals surface area contributed by atoms with Gasteiger partial charge in [-0.25, -0.2) is 0 Å².